The molecule has 27 aromatic rings. The molecule has 0 amide bonds. The molecule has 0 saturated heterocycles. The molecule has 13 nitrogen and oxygen atoms in total. The Morgan fingerprint density at radius 3 is 0.866 bits per heavy atom. The Balaban J connectivity index is 0.000000104. The lowest BCUT2D eigenvalue weighted by Crippen LogP contribution is -2.02. The third-order valence-corrected chi connectivity index (χ3v) is 25.4. The first-order valence-corrected chi connectivity index (χ1v) is 43.0. The molecule has 0 atom stereocenters. The highest BCUT2D eigenvalue weighted by Gasteiger charge is 2.28. The summed E-state index contributed by atoms with van der Waals surface area (Å²) in [6.07, 6.45) is 0. The van der Waals surface area contributed by atoms with Gasteiger partial charge in [0.1, 0.15) is 39.3 Å². The van der Waals surface area contributed by atoms with Crippen LogP contribution in [-0.2, 0) is 0 Å². The highest BCUT2D eigenvalue weighted by atomic mass is 32.1. The molecule has 14 heteroatoms. The molecular weight excluding hydrogens is 1580 g/mol. The Labute approximate surface area is 728 Å². The van der Waals surface area contributed by atoms with E-state index in [-0.39, 0.29) is 0 Å². The maximum absolute atomic E-state index is 6.58. The fourth-order valence-corrected chi connectivity index (χ4v) is 19.9. The van der Waals surface area contributed by atoms with E-state index >= 15 is 0 Å². The van der Waals surface area contributed by atoms with E-state index in [0.29, 0.717) is 46.5 Å². The molecule has 0 aliphatic heterocycles. The van der Waals surface area contributed by atoms with Crippen LogP contribution in [0.3, 0.4) is 0 Å². The number of rotatable bonds is 8. The molecule has 0 N–H and O–H groups in total. The number of para-hydroxylation sites is 3. The van der Waals surface area contributed by atoms with E-state index in [1.165, 1.54) is 30.9 Å². The Morgan fingerprint density at radius 1 is 0.165 bits per heavy atom. The highest BCUT2D eigenvalue weighted by Crippen LogP contribution is 2.50. The number of hydrogen-bond acceptors (Lipinski definition) is 14. The minimum Gasteiger partial charge on any atom is -0.454 e. The molecule has 9 heterocycles. The summed E-state index contributed by atoms with van der Waals surface area (Å²) in [6, 6.07) is 135. The van der Waals surface area contributed by atoms with Crippen LogP contribution in [0.5, 0.6) is 0 Å². The van der Waals surface area contributed by atoms with Crippen molar-refractivity contribution in [1.82, 2.24) is 54.8 Å². The van der Waals surface area contributed by atoms with Crippen LogP contribution in [0.15, 0.2) is 403 Å². The van der Waals surface area contributed by atoms with Crippen molar-refractivity contribution in [2.75, 3.05) is 0 Å². The number of fused-ring (bicyclic) bond motifs is 31. The molecule has 0 spiro atoms. The number of benzene rings is 18. The second-order valence-electron chi connectivity index (χ2n) is 31.6. The molecule has 0 aliphatic carbocycles. The van der Waals surface area contributed by atoms with E-state index in [9.17, 15) is 0 Å². The first kappa shape index (κ1) is 72.7. The van der Waals surface area contributed by atoms with E-state index in [1.807, 2.05) is 199 Å². The van der Waals surface area contributed by atoms with Gasteiger partial charge in [0.15, 0.2) is 51.9 Å². The van der Waals surface area contributed by atoms with E-state index < -0.39 is 0 Å². The first-order valence-electron chi connectivity index (χ1n) is 42.2. The molecule has 18 aromatic carbocycles. The molecule has 0 fully saturated rings. The molecule has 0 unspecified atom stereocenters. The van der Waals surface area contributed by atoms with Crippen molar-refractivity contribution in [3.8, 4) is 91.4 Å². The van der Waals surface area contributed by atoms with Gasteiger partial charge in [-0.1, -0.05) is 370 Å². The van der Waals surface area contributed by atoms with Crippen LogP contribution in [0, 0.1) is 0 Å². The van der Waals surface area contributed by atoms with Gasteiger partial charge in [-0.25, -0.2) is 54.8 Å². The second-order valence-corrected chi connectivity index (χ2v) is 32.6. The van der Waals surface area contributed by atoms with Crippen molar-refractivity contribution in [3.63, 3.8) is 0 Å². The monoisotopic (exact) mass is 1640 g/mol. The van der Waals surface area contributed by atoms with Crippen molar-refractivity contribution < 1.29 is 8.83 Å². The van der Waals surface area contributed by atoms with E-state index in [1.54, 1.807) is 0 Å². The van der Waals surface area contributed by atoms with Gasteiger partial charge in [-0.05, 0) is 67.4 Å². The van der Waals surface area contributed by atoms with Gasteiger partial charge in [0, 0.05) is 113 Å². The fraction of sp³-hybridized carbons (Fsp3) is 0. The van der Waals surface area contributed by atoms with Gasteiger partial charge in [0.2, 0.25) is 0 Å². The smallest absolute Gasteiger partial charge is 0.183 e. The lowest BCUT2D eigenvalue weighted by atomic mass is 9.95. The maximum atomic E-state index is 6.58. The summed E-state index contributed by atoms with van der Waals surface area (Å²) in [5.74, 6) is 4.12. The fourth-order valence-electron chi connectivity index (χ4n) is 18.6. The van der Waals surface area contributed by atoms with Crippen LogP contribution < -0.4 is 0 Å². The number of aromatic nitrogens is 11. The number of hydrogen-bond donors (Lipinski definition) is 0. The normalized spacial score (nSPS) is 11.8. The Hall–Kier alpha value is -17.1. The van der Waals surface area contributed by atoms with Crippen LogP contribution in [0.4, 0.5) is 0 Å². The van der Waals surface area contributed by atoms with Gasteiger partial charge in [-0.2, -0.15) is 0 Å². The van der Waals surface area contributed by atoms with Gasteiger partial charge >= 0.3 is 0 Å². The summed E-state index contributed by atoms with van der Waals surface area (Å²) in [5, 5.41) is 24.5. The Kier molecular flexibility index (Phi) is 17.1. The molecule has 0 aliphatic rings. The minimum atomic E-state index is 0.517. The van der Waals surface area contributed by atoms with Crippen LogP contribution in [0.25, 0.3) is 264 Å². The lowest BCUT2D eigenvalue weighted by molar-refractivity contribution is 0.671. The zero-order chi connectivity index (χ0) is 83.6. The zero-order valence-corrected chi connectivity index (χ0v) is 68.5. The van der Waals surface area contributed by atoms with Crippen LogP contribution in [0.2, 0.25) is 0 Å². The van der Waals surface area contributed by atoms with Gasteiger partial charge in [-0.15, -0.1) is 11.3 Å². The third kappa shape index (κ3) is 12.1. The second kappa shape index (κ2) is 29.9. The van der Waals surface area contributed by atoms with Crippen molar-refractivity contribution in [3.05, 3.63) is 394 Å². The topological polar surface area (TPSA) is 168 Å². The largest absolute Gasteiger partial charge is 0.454 e. The summed E-state index contributed by atoms with van der Waals surface area (Å²) < 4.78 is 15.7. The highest BCUT2D eigenvalue weighted by molar-refractivity contribution is 7.27. The molecule has 0 radical (unpaired) electrons. The number of pyridine rings is 3. The summed E-state index contributed by atoms with van der Waals surface area (Å²) in [4.78, 5) is 56.4. The molecule has 127 heavy (non-hydrogen) atoms. The molecule has 590 valence electrons. The minimum absolute atomic E-state index is 0.517. The average Bonchev–Trinajstić information content (AvgIpc) is 1.64. The molecular formula is C113H65N11O2S. The Morgan fingerprint density at radius 2 is 0.449 bits per heavy atom. The van der Waals surface area contributed by atoms with Crippen molar-refractivity contribution in [2.24, 2.45) is 0 Å². The van der Waals surface area contributed by atoms with Crippen LogP contribution in [0.1, 0.15) is 0 Å². The molecule has 0 saturated carbocycles. The predicted molar refractivity (Wildman–Crippen MR) is 521 cm³/mol. The SMILES string of the molecule is c1ccc(-c2nc(-c3ccccc3)nc(-c3nc4c5ccccc5c5c6ccccc6sc5c4c4ccccc34)n2)cc1.c1ccc(-c2nc(-c3ccccc3)nc(-c3nc4c5oc6ccccc6c5c5ccccc5c4c4ccccc34)n2)cc1.c1ccc(-c2nc(-c3nc4c5oc6ccccc6c5c5ccccc5c4c4ccccc34)nc3ccccc23)cc1. The quantitative estimate of drug-likeness (QED) is 0.132. The number of furan rings is 2. The number of nitrogens with zero attached hydrogens (tertiary/aromatic N) is 11. The summed E-state index contributed by atoms with van der Waals surface area (Å²) in [6.45, 7) is 0. The molecule has 9 aromatic heterocycles. The maximum Gasteiger partial charge on any atom is 0.183 e. The van der Waals surface area contributed by atoms with Crippen LogP contribution >= 0.6 is 11.3 Å². The van der Waals surface area contributed by atoms with E-state index in [4.69, 9.17) is 63.7 Å². The Bertz CT molecular complexity index is 9060. The summed E-state index contributed by atoms with van der Waals surface area (Å²) in [5.41, 5.74) is 14.5. The summed E-state index contributed by atoms with van der Waals surface area (Å²) in [7, 11) is 0. The van der Waals surface area contributed by atoms with E-state index in [2.05, 4.69) is 206 Å². The molecule has 27 rings (SSSR count). The van der Waals surface area contributed by atoms with Gasteiger partial charge in [-0.3, -0.25) is 0 Å². The van der Waals surface area contributed by atoms with Crippen LogP contribution in [-0.4, -0.2) is 54.8 Å². The first-order chi connectivity index (χ1) is 63.0. The van der Waals surface area contributed by atoms with E-state index in [0.717, 1.165) is 186 Å². The zero-order valence-electron chi connectivity index (χ0n) is 67.7. The van der Waals surface area contributed by atoms with Gasteiger partial charge in [0.25, 0.3) is 0 Å². The predicted octanol–water partition coefficient (Wildman–Crippen LogP) is 29.4. The summed E-state index contributed by atoms with van der Waals surface area (Å²) >= 11 is 1.84. The van der Waals surface area contributed by atoms with Crippen molar-refractivity contribution in [2.45, 2.75) is 0 Å². The number of thiophene rings is 1. The van der Waals surface area contributed by atoms with Crippen molar-refractivity contribution >= 4 is 184 Å². The molecule has 0 bridgehead atoms. The third-order valence-electron chi connectivity index (χ3n) is 24.2. The van der Waals surface area contributed by atoms with Crippen molar-refractivity contribution in [1.29, 1.82) is 0 Å². The lowest BCUT2D eigenvalue weighted by Gasteiger charge is -2.14. The standard InChI is InChI=1S/C38H22N4O.C38H22N4S.C37H21N3O/c1-3-13-23(14-4-1)36-40-37(24-15-5-2-6-16-24)42-38(41-36)33-28-20-10-9-19-27(28)31-25-17-7-8-18-26(25)32-29-21-11-12-22-30(29)43-35(32)34(31)39-33;1-3-13-23(14-4-1)36-40-37(24-15-5-2-6-16-24)42-38(41-36)34-28-20-10-8-18-26(28)32-33(39-34)27-19-9-7-17-25(27)31-29-21-11-12-22-30(29)43-35(31)32;1-2-12-22(13-3-1)33-27-18-8-10-20-29(27)38-37(40-33)34-26-17-7-6-16-25(26)31-23-14-4-5-15-24(23)32-28-19-9-11-21-30(28)41-36(32)35(31)39-34/h2*1-22H;1-21H. The average molecular weight is 1640 g/mol. The van der Waals surface area contributed by atoms with Gasteiger partial charge in [0.05, 0.1) is 16.7 Å². The van der Waals surface area contributed by atoms with Gasteiger partial charge < -0.3 is 8.83 Å².